The van der Waals surface area contributed by atoms with E-state index in [1.165, 1.54) is 5.69 Å². The highest BCUT2D eigenvalue weighted by atomic mass is 79.9. The van der Waals surface area contributed by atoms with Crippen LogP contribution in [0, 0.1) is 5.41 Å². The first-order valence-corrected chi connectivity index (χ1v) is 9.03. The first-order valence-electron chi connectivity index (χ1n) is 8.23. The number of rotatable bonds is 6. The van der Waals surface area contributed by atoms with Crippen LogP contribution < -0.4 is 10.6 Å². The Balaban J connectivity index is 2.61. The topological polar surface area (TPSA) is 61.7 Å². The molecule has 1 aromatic rings. The molecule has 0 aliphatic rings. The standard InChI is InChI=1S/C17H30BrN5O/c1-7-19-16(21-9-8-20-15(24)17(2,3)4)23(6)12-14-10-13(18)11-22(14)5/h10-11H,7-9,12H2,1-6H3,(H,19,21)(H,20,24). The number of amides is 1. The number of carbonyl (C=O) groups excluding carboxylic acids is 1. The lowest BCUT2D eigenvalue weighted by atomic mass is 9.96. The maximum atomic E-state index is 11.9. The predicted molar refractivity (Wildman–Crippen MR) is 103 cm³/mol. The molecule has 0 atom stereocenters. The van der Waals surface area contributed by atoms with Gasteiger partial charge >= 0.3 is 0 Å². The summed E-state index contributed by atoms with van der Waals surface area (Å²) in [5.74, 6) is 0.879. The quantitative estimate of drug-likeness (QED) is 0.438. The van der Waals surface area contributed by atoms with Gasteiger partial charge in [-0.3, -0.25) is 9.79 Å². The molecule has 24 heavy (non-hydrogen) atoms. The summed E-state index contributed by atoms with van der Waals surface area (Å²) in [6, 6.07) is 2.10. The fourth-order valence-corrected chi connectivity index (χ4v) is 2.68. The minimum atomic E-state index is -0.370. The van der Waals surface area contributed by atoms with Crippen LogP contribution in [0.5, 0.6) is 0 Å². The molecule has 6 nitrogen and oxygen atoms in total. The number of hydrogen-bond acceptors (Lipinski definition) is 2. The van der Waals surface area contributed by atoms with Gasteiger partial charge in [0.2, 0.25) is 5.91 Å². The molecule has 1 rings (SSSR count). The van der Waals surface area contributed by atoms with Crippen molar-refractivity contribution < 1.29 is 4.79 Å². The monoisotopic (exact) mass is 399 g/mol. The van der Waals surface area contributed by atoms with E-state index in [0.29, 0.717) is 13.1 Å². The van der Waals surface area contributed by atoms with Crippen molar-refractivity contribution >= 4 is 27.8 Å². The maximum Gasteiger partial charge on any atom is 0.225 e. The number of aliphatic imine (C=N–C) groups is 1. The molecular formula is C17H30BrN5O. The zero-order valence-corrected chi connectivity index (χ0v) is 17.2. The van der Waals surface area contributed by atoms with Crippen LogP contribution in [0.3, 0.4) is 0 Å². The fourth-order valence-electron chi connectivity index (χ4n) is 2.11. The third-order valence-electron chi connectivity index (χ3n) is 3.51. The van der Waals surface area contributed by atoms with Crippen molar-refractivity contribution in [2.45, 2.75) is 34.2 Å². The zero-order chi connectivity index (χ0) is 18.3. The second kappa shape index (κ2) is 9.11. The summed E-state index contributed by atoms with van der Waals surface area (Å²) in [6.07, 6.45) is 2.04. The molecule has 0 saturated carbocycles. The van der Waals surface area contributed by atoms with E-state index in [1.807, 2.05) is 48.0 Å². The van der Waals surface area contributed by atoms with Crippen molar-refractivity contribution in [2.24, 2.45) is 17.5 Å². The Labute approximate surface area is 153 Å². The van der Waals surface area contributed by atoms with Gasteiger partial charge in [0, 0.05) is 49.0 Å². The average Bonchev–Trinajstić information content (AvgIpc) is 2.78. The normalized spacial score (nSPS) is 12.2. The Bertz CT molecular complexity index is 574. The summed E-state index contributed by atoms with van der Waals surface area (Å²) in [5.41, 5.74) is 0.821. The molecule has 0 unspecified atom stereocenters. The summed E-state index contributed by atoms with van der Waals surface area (Å²) >= 11 is 3.50. The largest absolute Gasteiger partial charge is 0.357 e. The summed E-state index contributed by atoms with van der Waals surface area (Å²) in [5, 5.41) is 6.21. The van der Waals surface area contributed by atoms with Crippen LogP contribution in [0.4, 0.5) is 0 Å². The fraction of sp³-hybridized carbons (Fsp3) is 0.647. The van der Waals surface area contributed by atoms with Gasteiger partial charge in [0.05, 0.1) is 13.1 Å². The SMILES string of the molecule is CCNC(=NCCNC(=O)C(C)(C)C)N(C)Cc1cc(Br)cn1C. The zero-order valence-electron chi connectivity index (χ0n) is 15.6. The van der Waals surface area contributed by atoms with Crippen LogP contribution in [0.2, 0.25) is 0 Å². The molecule has 0 aromatic carbocycles. The van der Waals surface area contributed by atoms with E-state index in [0.717, 1.165) is 23.5 Å². The molecule has 7 heteroatoms. The maximum absolute atomic E-state index is 11.9. The van der Waals surface area contributed by atoms with Gasteiger partial charge in [-0.05, 0) is 28.9 Å². The van der Waals surface area contributed by atoms with E-state index < -0.39 is 0 Å². The van der Waals surface area contributed by atoms with Gasteiger partial charge in [0.15, 0.2) is 5.96 Å². The lowest BCUT2D eigenvalue weighted by Gasteiger charge is -2.22. The van der Waals surface area contributed by atoms with E-state index in [-0.39, 0.29) is 11.3 Å². The van der Waals surface area contributed by atoms with Gasteiger partial charge in [0.1, 0.15) is 0 Å². The number of nitrogens with zero attached hydrogens (tertiary/aromatic N) is 3. The third-order valence-corrected chi connectivity index (χ3v) is 3.94. The first kappa shape index (κ1) is 20.5. The van der Waals surface area contributed by atoms with Crippen LogP contribution in [-0.2, 0) is 18.4 Å². The first-order chi connectivity index (χ1) is 11.1. The molecule has 0 saturated heterocycles. The Hall–Kier alpha value is -1.50. The molecule has 1 aromatic heterocycles. The third kappa shape index (κ3) is 6.55. The number of guanidine groups is 1. The Morgan fingerprint density at radius 2 is 2.04 bits per heavy atom. The summed E-state index contributed by atoms with van der Waals surface area (Å²) in [4.78, 5) is 18.5. The van der Waals surface area contributed by atoms with Gasteiger partial charge in [-0.25, -0.2) is 0 Å². The molecular weight excluding hydrogens is 370 g/mol. The Morgan fingerprint density at radius 3 is 2.54 bits per heavy atom. The van der Waals surface area contributed by atoms with Gasteiger partial charge in [0.25, 0.3) is 0 Å². The van der Waals surface area contributed by atoms with Crippen LogP contribution >= 0.6 is 15.9 Å². The Morgan fingerprint density at radius 1 is 1.38 bits per heavy atom. The van der Waals surface area contributed by atoms with Gasteiger partial charge < -0.3 is 20.1 Å². The van der Waals surface area contributed by atoms with Crippen LogP contribution in [0.25, 0.3) is 0 Å². The van der Waals surface area contributed by atoms with E-state index >= 15 is 0 Å². The van der Waals surface area contributed by atoms with Gasteiger partial charge in [-0.15, -0.1) is 0 Å². The second-order valence-corrected chi connectivity index (χ2v) is 7.77. The van der Waals surface area contributed by atoms with Crippen molar-refractivity contribution in [2.75, 3.05) is 26.7 Å². The smallest absolute Gasteiger partial charge is 0.225 e. The predicted octanol–water partition coefficient (Wildman–Crippen LogP) is 2.35. The van der Waals surface area contributed by atoms with E-state index in [1.54, 1.807) is 0 Å². The van der Waals surface area contributed by atoms with E-state index in [2.05, 4.69) is 47.1 Å². The van der Waals surface area contributed by atoms with Crippen molar-refractivity contribution in [3.05, 3.63) is 22.4 Å². The molecule has 0 radical (unpaired) electrons. The lowest BCUT2D eigenvalue weighted by molar-refractivity contribution is -0.128. The highest BCUT2D eigenvalue weighted by Gasteiger charge is 2.20. The summed E-state index contributed by atoms with van der Waals surface area (Å²) < 4.78 is 3.16. The van der Waals surface area contributed by atoms with Crippen LogP contribution in [0.15, 0.2) is 21.7 Å². The number of nitrogens with one attached hydrogen (secondary N) is 2. The molecule has 136 valence electrons. The minimum Gasteiger partial charge on any atom is -0.357 e. The second-order valence-electron chi connectivity index (χ2n) is 6.86. The van der Waals surface area contributed by atoms with Gasteiger partial charge in [-0.1, -0.05) is 20.8 Å². The van der Waals surface area contributed by atoms with Crippen molar-refractivity contribution in [3.8, 4) is 0 Å². The number of aryl methyl sites for hydroxylation is 1. The van der Waals surface area contributed by atoms with Crippen molar-refractivity contribution in [1.29, 1.82) is 0 Å². The minimum absolute atomic E-state index is 0.0460. The van der Waals surface area contributed by atoms with Crippen LogP contribution in [0.1, 0.15) is 33.4 Å². The number of carbonyl (C=O) groups is 1. The molecule has 0 bridgehead atoms. The number of halogens is 1. The molecule has 1 amide bonds. The number of aromatic nitrogens is 1. The molecule has 1 heterocycles. The highest BCUT2D eigenvalue weighted by Crippen LogP contribution is 2.15. The molecule has 2 N–H and O–H groups in total. The summed E-state index contributed by atoms with van der Waals surface area (Å²) in [7, 11) is 4.04. The Kier molecular flexibility index (Phi) is 7.79. The lowest BCUT2D eigenvalue weighted by Crippen LogP contribution is -2.40. The average molecular weight is 400 g/mol. The van der Waals surface area contributed by atoms with Crippen molar-refractivity contribution in [1.82, 2.24) is 20.1 Å². The molecule has 0 aliphatic carbocycles. The van der Waals surface area contributed by atoms with E-state index in [4.69, 9.17) is 0 Å². The molecule has 0 fully saturated rings. The molecule has 0 spiro atoms. The molecule has 0 aliphatic heterocycles. The van der Waals surface area contributed by atoms with Crippen molar-refractivity contribution in [3.63, 3.8) is 0 Å². The van der Waals surface area contributed by atoms with E-state index in [9.17, 15) is 4.79 Å². The summed E-state index contributed by atoms with van der Waals surface area (Å²) in [6.45, 7) is 10.4. The highest BCUT2D eigenvalue weighted by molar-refractivity contribution is 9.10. The number of hydrogen-bond donors (Lipinski definition) is 2. The van der Waals surface area contributed by atoms with Crippen LogP contribution in [-0.4, -0.2) is 48.0 Å². The van der Waals surface area contributed by atoms with Gasteiger partial charge in [-0.2, -0.15) is 0 Å².